The van der Waals surface area contributed by atoms with Gasteiger partial charge in [0.2, 0.25) is 11.1 Å². The van der Waals surface area contributed by atoms with Crippen LogP contribution in [0.1, 0.15) is 12.6 Å². The molecule has 0 spiro atoms. The summed E-state index contributed by atoms with van der Waals surface area (Å²) < 4.78 is 11.7. The van der Waals surface area contributed by atoms with Gasteiger partial charge in [0.15, 0.2) is 0 Å². The number of pyridine rings is 1. The minimum absolute atomic E-state index is 0.0614. The van der Waals surface area contributed by atoms with Crippen molar-refractivity contribution < 1.29 is 14.3 Å². The Morgan fingerprint density at radius 1 is 1.23 bits per heavy atom. The van der Waals surface area contributed by atoms with Gasteiger partial charge in [0.05, 0.1) is 37.1 Å². The maximum absolute atomic E-state index is 12.4. The van der Waals surface area contributed by atoms with Crippen molar-refractivity contribution >= 4 is 35.0 Å². The van der Waals surface area contributed by atoms with Gasteiger partial charge in [-0.15, -0.1) is 10.2 Å². The van der Waals surface area contributed by atoms with E-state index in [9.17, 15) is 4.79 Å². The highest BCUT2D eigenvalue weighted by Crippen LogP contribution is 2.29. The Morgan fingerprint density at radius 2 is 2.06 bits per heavy atom. The van der Waals surface area contributed by atoms with E-state index in [-0.39, 0.29) is 17.6 Å². The standard InChI is InChI=1S/C19H22N8O3S/c1-12(14-6-4-5-9-21-14)23-24-18-25-26-19(27(18)20)31-11-17(28)22-15-10-13(29-2)7-8-16(15)30-3/h4-10H,11,20H2,1-3H3,(H,22,28)(H,24,25)/b23-12+. The molecule has 4 N–H and O–H groups in total. The smallest absolute Gasteiger partial charge is 0.264 e. The lowest BCUT2D eigenvalue weighted by atomic mass is 10.2. The molecule has 0 radical (unpaired) electrons. The number of nitrogen functional groups attached to an aromatic ring is 1. The van der Waals surface area contributed by atoms with Gasteiger partial charge in [-0.3, -0.25) is 9.78 Å². The number of methoxy groups -OCH3 is 2. The van der Waals surface area contributed by atoms with Crippen molar-refractivity contribution in [3.63, 3.8) is 0 Å². The van der Waals surface area contributed by atoms with Gasteiger partial charge in [-0.05, 0) is 31.2 Å². The lowest BCUT2D eigenvalue weighted by Gasteiger charge is -2.11. The number of anilines is 2. The predicted molar refractivity (Wildman–Crippen MR) is 119 cm³/mol. The number of carbonyl (C=O) groups is 1. The highest BCUT2D eigenvalue weighted by molar-refractivity contribution is 7.99. The summed E-state index contributed by atoms with van der Waals surface area (Å²) in [5, 5.41) is 15.3. The van der Waals surface area contributed by atoms with Gasteiger partial charge in [0, 0.05) is 12.3 Å². The number of nitrogens with one attached hydrogen (secondary N) is 2. The van der Waals surface area contributed by atoms with Crippen LogP contribution in [0.5, 0.6) is 11.5 Å². The van der Waals surface area contributed by atoms with Gasteiger partial charge in [0.1, 0.15) is 11.5 Å². The second kappa shape index (κ2) is 10.3. The molecule has 11 nitrogen and oxygen atoms in total. The van der Waals surface area contributed by atoms with Gasteiger partial charge in [-0.1, -0.05) is 17.8 Å². The van der Waals surface area contributed by atoms with Crippen LogP contribution < -0.4 is 26.1 Å². The molecule has 0 bridgehead atoms. The first-order chi connectivity index (χ1) is 15.0. The third kappa shape index (κ3) is 5.63. The van der Waals surface area contributed by atoms with Crippen molar-refractivity contribution in [2.45, 2.75) is 12.1 Å². The van der Waals surface area contributed by atoms with Crippen molar-refractivity contribution in [3.05, 3.63) is 48.3 Å². The molecule has 0 aliphatic carbocycles. The summed E-state index contributed by atoms with van der Waals surface area (Å²) in [7, 11) is 3.07. The quantitative estimate of drug-likeness (QED) is 0.196. The molecule has 0 atom stereocenters. The fourth-order valence-electron chi connectivity index (χ4n) is 2.45. The highest BCUT2D eigenvalue weighted by Gasteiger charge is 2.14. The van der Waals surface area contributed by atoms with Gasteiger partial charge in [-0.2, -0.15) is 5.10 Å². The van der Waals surface area contributed by atoms with Crippen molar-refractivity contribution in [2.24, 2.45) is 5.10 Å². The molecule has 2 aromatic heterocycles. The monoisotopic (exact) mass is 442 g/mol. The fraction of sp³-hybridized carbons (Fsp3) is 0.211. The molecule has 1 amide bonds. The van der Waals surface area contributed by atoms with Crippen LogP contribution in [0.25, 0.3) is 0 Å². The van der Waals surface area contributed by atoms with E-state index < -0.39 is 0 Å². The van der Waals surface area contributed by atoms with Crippen LogP contribution in [0.15, 0.2) is 52.9 Å². The normalized spacial score (nSPS) is 11.1. The van der Waals surface area contributed by atoms with E-state index >= 15 is 0 Å². The zero-order valence-electron chi connectivity index (χ0n) is 17.2. The summed E-state index contributed by atoms with van der Waals surface area (Å²) in [6.07, 6.45) is 1.68. The number of hydrazone groups is 1. The van der Waals surface area contributed by atoms with Crippen molar-refractivity contribution in [3.8, 4) is 11.5 Å². The number of thioether (sulfide) groups is 1. The Labute approximate surface area is 183 Å². The summed E-state index contributed by atoms with van der Waals surface area (Å²) >= 11 is 1.13. The second-order valence-corrected chi connectivity index (χ2v) is 7.05. The zero-order valence-corrected chi connectivity index (χ0v) is 18.0. The molecule has 0 unspecified atom stereocenters. The Hall–Kier alpha value is -3.80. The first-order valence-corrected chi connectivity index (χ1v) is 10.1. The largest absolute Gasteiger partial charge is 0.497 e. The molecular formula is C19H22N8O3S. The van der Waals surface area contributed by atoms with Crippen molar-refractivity contribution in [2.75, 3.05) is 36.6 Å². The first kappa shape index (κ1) is 21.9. The van der Waals surface area contributed by atoms with Gasteiger partial charge in [-0.25, -0.2) is 10.1 Å². The van der Waals surface area contributed by atoms with E-state index in [4.69, 9.17) is 15.3 Å². The topological polar surface area (TPSA) is 142 Å². The van der Waals surface area contributed by atoms with E-state index in [0.29, 0.717) is 28.1 Å². The minimum Gasteiger partial charge on any atom is -0.497 e. The van der Waals surface area contributed by atoms with E-state index in [1.54, 1.807) is 38.4 Å². The first-order valence-electron chi connectivity index (χ1n) is 9.08. The summed E-state index contributed by atoms with van der Waals surface area (Å²) in [5.41, 5.74) is 4.63. The summed E-state index contributed by atoms with van der Waals surface area (Å²) in [4.78, 5) is 16.6. The van der Waals surface area contributed by atoms with Crippen molar-refractivity contribution in [1.29, 1.82) is 0 Å². The highest BCUT2D eigenvalue weighted by atomic mass is 32.2. The number of hydrogen-bond acceptors (Lipinski definition) is 10. The number of aromatic nitrogens is 4. The van der Waals surface area contributed by atoms with E-state index in [0.717, 1.165) is 17.5 Å². The van der Waals surface area contributed by atoms with Crippen LogP contribution in [-0.2, 0) is 4.79 Å². The summed E-state index contributed by atoms with van der Waals surface area (Å²) in [6.45, 7) is 1.80. The molecule has 3 rings (SSSR count). The SMILES string of the molecule is COc1ccc(OC)c(NC(=O)CSc2nnc(N/N=C(\C)c3ccccn3)n2N)c1. The Balaban J connectivity index is 1.59. The molecule has 162 valence electrons. The number of carbonyl (C=O) groups excluding carboxylic acids is 1. The van der Waals surface area contributed by atoms with Crippen LogP contribution in [-0.4, -0.2) is 51.4 Å². The maximum atomic E-state index is 12.4. The zero-order chi connectivity index (χ0) is 22.2. The molecular weight excluding hydrogens is 420 g/mol. The molecule has 1 aromatic carbocycles. The van der Waals surface area contributed by atoms with Crippen LogP contribution >= 0.6 is 11.8 Å². The molecule has 0 aliphatic rings. The molecule has 0 fully saturated rings. The Bertz CT molecular complexity index is 1070. The summed E-state index contributed by atoms with van der Waals surface area (Å²) in [5.74, 6) is 7.15. The fourth-order valence-corrected chi connectivity index (χ4v) is 3.10. The lowest BCUT2D eigenvalue weighted by Crippen LogP contribution is -2.17. The second-order valence-electron chi connectivity index (χ2n) is 6.10. The van der Waals surface area contributed by atoms with Crippen molar-refractivity contribution in [1.82, 2.24) is 19.9 Å². The van der Waals surface area contributed by atoms with E-state index in [1.807, 2.05) is 18.2 Å². The lowest BCUT2D eigenvalue weighted by molar-refractivity contribution is -0.113. The number of benzene rings is 1. The average molecular weight is 443 g/mol. The van der Waals surface area contributed by atoms with Gasteiger partial charge < -0.3 is 20.6 Å². The van der Waals surface area contributed by atoms with Gasteiger partial charge >= 0.3 is 0 Å². The predicted octanol–water partition coefficient (Wildman–Crippen LogP) is 1.97. The number of nitrogens with zero attached hydrogens (tertiary/aromatic N) is 5. The third-order valence-electron chi connectivity index (χ3n) is 4.04. The number of hydrogen-bond donors (Lipinski definition) is 3. The third-order valence-corrected chi connectivity index (χ3v) is 4.98. The molecule has 2 heterocycles. The summed E-state index contributed by atoms with van der Waals surface area (Å²) in [6, 6.07) is 10.7. The van der Waals surface area contributed by atoms with E-state index in [1.165, 1.54) is 11.8 Å². The number of rotatable bonds is 9. The minimum atomic E-state index is -0.266. The molecule has 31 heavy (non-hydrogen) atoms. The molecule has 0 saturated heterocycles. The molecule has 12 heteroatoms. The van der Waals surface area contributed by atoms with E-state index in [2.05, 4.69) is 31.0 Å². The Kier molecular flexibility index (Phi) is 7.27. The van der Waals surface area contributed by atoms with Crippen LogP contribution in [0.3, 0.4) is 0 Å². The average Bonchev–Trinajstić information content (AvgIpc) is 3.15. The molecule has 3 aromatic rings. The number of ether oxygens (including phenoxy) is 2. The van der Waals surface area contributed by atoms with Crippen LogP contribution in [0, 0.1) is 0 Å². The van der Waals surface area contributed by atoms with Crippen LogP contribution in [0.4, 0.5) is 11.6 Å². The number of nitrogens with two attached hydrogens (primary N) is 1. The maximum Gasteiger partial charge on any atom is 0.264 e. The molecule has 0 saturated carbocycles. The number of amides is 1. The van der Waals surface area contributed by atoms with Crippen LogP contribution in [0.2, 0.25) is 0 Å². The Morgan fingerprint density at radius 3 is 2.77 bits per heavy atom. The van der Waals surface area contributed by atoms with Gasteiger partial charge in [0.25, 0.3) is 5.95 Å². The molecule has 0 aliphatic heterocycles.